The van der Waals surface area contributed by atoms with Gasteiger partial charge >= 0.3 is 0 Å². The van der Waals surface area contributed by atoms with Crippen molar-refractivity contribution in [1.29, 1.82) is 0 Å². The van der Waals surface area contributed by atoms with Crippen molar-refractivity contribution < 1.29 is 4.79 Å². The van der Waals surface area contributed by atoms with Gasteiger partial charge in [0.2, 0.25) is 5.91 Å². The summed E-state index contributed by atoms with van der Waals surface area (Å²) >= 11 is 0. The number of hydrogen-bond donors (Lipinski definition) is 2. The number of nitrogens with zero attached hydrogens (tertiary/aromatic N) is 2. The van der Waals surface area contributed by atoms with E-state index in [1.807, 2.05) is 24.5 Å². The van der Waals surface area contributed by atoms with Crippen LogP contribution in [-0.2, 0) is 24.3 Å². The fourth-order valence-electron chi connectivity index (χ4n) is 2.44. The highest BCUT2D eigenvalue weighted by atomic mass is 16.1. The monoisotopic (exact) mass is 256 g/mol. The molecule has 3 N–H and O–H groups in total. The van der Waals surface area contributed by atoms with Crippen LogP contribution in [-0.4, -0.2) is 21.5 Å². The summed E-state index contributed by atoms with van der Waals surface area (Å²) in [6.07, 6.45) is 2.44. The van der Waals surface area contributed by atoms with Gasteiger partial charge in [0.15, 0.2) is 0 Å². The Morgan fingerprint density at radius 3 is 2.95 bits per heavy atom. The first-order chi connectivity index (χ1) is 9.24. The van der Waals surface area contributed by atoms with E-state index >= 15 is 0 Å². The molecule has 1 aromatic heterocycles. The summed E-state index contributed by atoms with van der Waals surface area (Å²) < 4.78 is 2.10. The van der Waals surface area contributed by atoms with Crippen LogP contribution >= 0.6 is 0 Å². The Hall–Kier alpha value is -2.14. The van der Waals surface area contributed by atoms with E-state index in [2.05, 4.69) is 27.0 Å². The van der Waals surface area contributed by atoms with Crippen molar-refractivity contribution in [3.8, 4) is 0 Å². The van der Waals surface area contributed by atoms with Crippen LogP contribution in [0, 0.1) is 0 Å². The van der Waals surface area contributed by atoms with Crippen LogP contribution in [0.1, 0.15) is 17.0 Å². The van der Waals surface area contributed by atoms with Crippen LogP contribution in [0.25, 0.3) is 0 Å². The minimum absolute atomic E-state index is 0.293. The number of rotatable bonds is 3. The lowest BCUT2D eigenvalue weighted by Gasteiger charge is -2.22. The SMILES string of the molecule is NC(=O)[C@H]1Cc2c(ncn2Cc2ccccc2)CN1. The van der Waals surface area contributed by atoms with Crippen molar-refractivity contribution >= 4 is 5.91 Å². The summed E-state index contributed by atoms with van der Waals surface area (Å²) in [5.41, 5.74) is 8.69. The minimum atomic E-state index is -0.307. The van der Waals surface area contributed by atoms with E-state index in [1.54, 1.807) is 0 Å². The van der Waals surface area contributed by atoms with E-state index in [1.165, 1.54) is 5.56 Å². The summed E-state index contributed by atoms with van der Waals surface area (Å²) in [4.78, 5) is 15.7. The lowest BCUT2D eigenvalue weighted by atomic mass is 10.0. The fourth-order valence-corrected chi connectivity index (χ4v) is 2.44. The summed E-state index contributed by atoms with van der Waals surface area (Å²) in [7, 11) is 0. The molecule has 2 heterocycles. The number of nitrogens with one attached hydrogen (secondary N) is 1. The third kappa shape index (κ3) is 2.37. The van der Waals surface area contributed by atoms with Gasteiger partial charge in [0.25, 0.3) is 0 Å². The third-order valence-electron chi connectivity index (χ3n) is 3.49. The Bertz CT molecular complexity index is 591. The topological polar surface area (TPSA) is 72.9 Å². The normalized spacial score (nSPS) is 18.0. The van der Waals surface area contributed by atoms with Gasteiger partial charge in [-0.05, 0) is 5.56 Å². The van der Waals surface area contributed by atoms with Crippen molar-refractivity contribution in [2.24, 2.45) is 5.73 Å². The molecule has 0 radical (unpaired) electrons. The van der Waals surface area contributed by atoms with Crippen LogP contribution in [0.3, 0.4) is 0 Å². The standard InChI is InChI=1S/C14H16N4O/c15-14(19)11-6-13-12(7-16-11)17-9-18(13)8-10-4-2-1-3-5-10/h1-5,9,11,16H,6-8H2,(H2,15,19)/t11-/m1/s1. The highest BCUT2D eigenvalue weighted by molar-refractivity contribution is 5.80. The van der Waals surface area contributed by atoms with Gasteiger partial charge < -0.3 is 10.3 Å². The maximum atomic E-state index is 11.3. The van der Waals surface area contributed by atoms with Gasteiger partial charge in [0.05, 0.1) is 18.1 Å². The number of aromatic nitrogens is 2. The molecule has 0 saturated carbocycles. The second kappa shape index (κ2) is 4.85. The van der Waals surface area contributed by atoms with E-state index < -0.39 is 0 Å². The van der Waals surface area contributed by atoms with E-state index in [0.29, 0.717) is 13.0 Å². The molecular weight excluding hydrogens is 240 g/mol. The molecule has 0 spiro atoms. The number of fused-ring (bicyclic) bond motifs is 1. The molecule has 2 aromatic rings. The number of amides is 1. The summed E-state index contributed by atoms with van der Waals surface area (Å²) in [5.74, 6) is -0.307. The quantitative estimate of drug-likeness (QED) is 0.836. The zero-order valence-electron chi connectivity index (χ0n) is 10.5. The van der Waals surface area contributed by atoms with Crippen molar-refractivity contribution in [1.82, 2.24) is 14.9 Å². The molecule has 19 heavy (non-hydrogen) atoms. The number of nitrogens with two attached hydrogens (primary N) is 1. The predicted molar refractivity (Wildman–Crippen MR) is 71.3 cm³/mol. The number of carbonyl (C=O) groups excluding carboxylic acids is 1. The second-order valence-corrected chi connectivity index (χ2v) is 4.79. The number of imidazole rings is 1. The molecule has 0 saturated heterocycles. The zero-order chi connectivity index (χ0) is 13.2. The van der Waals surface area contributed by atoms with Crippen molar-refractivity contribution in [3.63, 3.8) is 0 Å². The average Bonchev–Trinajstić information content (AvgIpc) is 2.82. The molecule has 98 valence electrons. The van der Waals surface area contributed by atoms with E-state index in [0.717, 1.165) is 17.9 Å². The van der Waals surface area contributed by atoms with Gasteiger partial charge in [-0.1, -0.05) is 30.3 Å². The first-order valence-electron chi connectivity index (χ1n) is 6.33. The Balaban J connectivity index is 1.85. The smallest absolute Gasteiger partial charge is 0.234 e. The van der Waals surface area contributed by atoms with Crippen LogP contribution in [0.2, 0.25) is 0 Å². The van der Waals surface area contributed by atoms with Gasteiger partial charge in [0.1, 0.15) is 0 Å². The van der Waals surface area contributed by atoms with Crippen LogP contribution < -0.4 is 11.1 Å². The predicted octanol–water partition coefficient (Wildman–Crippen LogP) is 0.431. The summed E-state index contributed by atoms with van der Waals surface area (Å²) in [5, 5.41) is 3.10. The van der Waals surface area contributed by atoms with Gasteiger partial charge in [-0.2, -0.15) is 0 Å². The lowest BCUT2D eigenvalue weighted by molar-refractivity contribution is -0.120. The zero-order valence-corrected chi connectivity index (χ0v) is 10.5. The molecule has 0 unspecified atom stereocenters. The highest BCUT2D eigenvalue weighted by Gasteiger charge is 2.25. The molecule has 5 nitrogen and oxygen atoms in total. The maximum Gasteiger partial charge on any atom is 0.234 e. The van der Waals surface area contributed by atoms with Crippen molar-refractivity contribution in [2.45, 2.75) is 25.6 Å². The number of hydrogen-bond acceptors (Lipinski definition) is 3. The van der Waals surface area contributed by atoms with Gasteiger partial charge in [-0.3, -0.25) is 10.1 Å². The summed E-state index contributed by atoms with van der Waals surface area (Å²) in [6, 6.07) is 9.91. The van der Waals surface area contributed by atoms with Crippen LogP contribution in [0.5, 0.6) is 0 Å². The van der Waals surface area contributed by atoms with Gasteiger partial charge in [-0.25, -0.2) is 4.98 Å². The third-order valence-corrected chi connectivity index (χ3v) is 3.49. The van der Waals surface area contributed by atoms with Crippen LogP contribution in [0.4, 0.5) is 0 Å². The van der Waals surface area contributed by atoms with E-state index in [9.17, 15) is 4.79 Å². The average molecular weight is 256 g/mol. The number of carbonyl (C=O) groups is 1. The molecule has 1 aliphatic heterocycles. The Kier molecular flexibility index (Phi) is 3.05. The molecule has 0 bridgehead atoms. The molecule has 3 rings (SSSR count). The molecule has 1 amide bonds. The molecule has 1 atom stereocenters. The molecule has 1 aromatic carbocycles. The fraction of sp³-hybridized carbons (Fsp3) is 0.286. The Labute approximate surface area is 111 Å². The summed E-state index contributed by atoms with van der Waals surface area (Å²) in [6.45, 7) is 1.37. The number of primary amides is 1. The highest BCUT2D eigenvalue weighted by Crippen LogP contribution is 2.17. The van der Waals surface area contributed by atoms with E-state index in [-0.39, 0.29) is 11.9 Å². The lowest BCUT2D eigenvalue weighted by Crippen LogP contribution is -2.45. The molecule has 0 fully saturated rings. The molecule has 0 aliphatic carbocycles. The van der Waals surface area contributed by atoms with Crippen molar-refractivity contribution in [3.05, 3.63) is 53.6 Å². The second-order valence-electron chi connectivity index (χ2n) is 4.79. The van der Waals surface area contributed by atoms with Gasteiger partial charge in [0, 0.05) is 25.2 Å². The van der Waals surface area contributed by atoms with Crippen LogP contribution in [0.15, 0.2) is 36.7 Å². The first kappa shape index (κ1) is 11.9. The molecule has 1 aliphatic rings. The minimum Gasteiger partial charge on any atom is -0.368 e. The Morgan fingerprint density at radius 2 is 2.21 bits per heavy atom. The first-order valence-corrected chi connectivity index (χ1v) is 6.33. The van der Waals surface area contributed by atoms with E-state index in [4.69, 9.17) is 5.73 Å². The Morgan fingerprint density at radius 1 is 1.42 bits per heavy atom. The number of benzene rings is 1. The molecule has 5 heteroatoms. The molecular formula is C14H16N4O. The largest absolute Gasteiger partial charge is 0.368 e. The maximum absolute atomic E-state index is 11.3. The van der Waals surface area contributed by atoms with Crippen molar-refractivity contribution in [2.75, 3.05) is 0 Å². The van der Waals surface area contributed by atoms with Gasteiger partial charge in [-0.15, -0.1) is 0 Å².